The molecule has 0 fully saturated rings. The molecule has 2 aromatic carbocycles. The van der Waals surface area contributed by atoms with Crippen LogP contribution in [0.25, 0.3) is 0 Å². The number of hydrogen-bond donors (Lipinski definition) is 1. The van der Waals surface area contributed by atoms with Gasteiger partial charge < -0.3 is 5.32 Å². The van der Waals surface area contributed by atoms with E-state index in [9.17, 15) is 9.59 Å². The van der Waals surface area contributed by atoms with Crippen LogP contribution in [0.2, 0.25) is 0 Å². The van der Waals surface area contributed by atoms with Crippen molar-refractivity contribution in [1.82, 2.24) is 5.32 Å². The third kappa shape index (κ3) is 4.42. The van der Waals surface area contributed by atoms with Crippen LogP contribution in [0, 0.1) is 0 Å². The average Bonchev–Trinajstić information content (AvgIpc) is 2.54. The molecule has 0 aliphatic carbocycles. The zero-order valence-corrected chi connectivity index (χ0v) is 11.8. The van der Waals surface area contributed by atoms with Crippen molar-refractivity contribution in [1.29, 1.82) is 0 Å². The summed E-state index contributed by atoms with van der Waals surface area (Å²) in [6, 6.07) is 18.4. The number of carbonyl (C=O) groups excluding carboxylic acids is 2. The van der Waals surface area contributed by atoms with Crippen LogP contribution in [0.1, 0.15) is 28.9 Å². The first-order valence-electron chi connectivity index (χ1n) is 6.79. The molecule has 0 aliphatic rings. The predicted octanol–water partition coefficient (Wildman–Crippen LogP) is 3.30. The highest BCUT2D eigenvalue weighted by molar-refractivity contribution is 6.07. The molecule has 1 atom stereocenters. The Morgan fingerprint density at radius 1 is 0.905 bits per heavy atom. The molecule has 0 radical (unpaired) electrons. The summed E-state index contributed by atoms with van der Waals surface area (Å²) in [4.78, 5) is 23.7. The molecule has 3 heteroatoms. The summed E-state index contributed by atoms with van der Waals surface area (Å²) < 4.78 is 0. The molecule has 0 saturated carbocycles. The second-order valence-corrected chi connectivity index (χ2v) is 4.70. The van der Waals surface area contributed by atoms with Crippen molar-refractivity contribution in [2.75, 3.05) is 0 Å². The molecule has 1 N–H and O–H groups in total. The topological polar surface area (TPSA) is 46.2 Å². The Bertz CT molecular complexity index is 633. The molecule has 2 rings (SSSR count). The van der Waals surface area contributed by atoms with E-state index in [0.717, 1.165) is 5.56 Å². The Morgan fingerprint density at radius 3 is 2.10 bits per heavy atom. The van der Waals surface area contributed by atoms with Gasteiger partial charge in [-0.15, -0.1) is 0 Å². The molecule has 1 unspecified atom stereocenters. The van der Waals surface area contributed by atoms with E-state index in [1.807, 2.05) is 43.3 Å². The monoisotopic (exact) mass is 279 g/mol. The third-order valence-electron chi connectivity index (χ3n) is 3.10. The molecule has 0 spiro atoms. The first-order chi connectivity index (χ1) is 10.2. The summed E-state index contributed by atoms with van der Waals surface area (Å²) in [7, 11) is 0. The molecule has 106 valence electrons. The Balaban J connectivity index is 1.93. The Labute approximate surface area is 124 Å². The van der Waals surface area contributed by atoms with Crippen LogP contribution in [0.15, 0.2) is 72.8 Å². The second kappa shape index (κ2) is 7.20. The normalized spacial score (nSPS) is 12.0. The standard InChI is InChI=1S/C18H17NO2/c1-14(15-8-4-2-5-9-15)19-18(21)13-12-17(20)16-10-6-3-7-11-16/h2-14H,1H3,(H,19,21). The van der Waals surface area contributed by atoms with Gasteiger partial charge in [-0.1, -0.05) is 60.7 Å². The van der Waals surface area contributed by atoms with Gasteiger partial charge in [0.25, 0.3) is 0 Å². The van der Waals surface area contributed by atoms with E-state index < -0.39 is 0 Å². The summed E-state index contributed by atoms with van der Waals surface area (Å²) in [6.45, 7) is 1.90. The molecule has 0 aromatic heterocycles. The maximum Gasteiger partial charge on any atom is 0.244 e. The molecule has 2 aromatic rings. The lowest BCUT2D eigenvalue weighted by molar-refractivity contribution is -0.117. The Hall–Kier alpha value is -2.68. The number of ketones is 1. The summed E-state index contributed by atoms with van der Waals surface area (Å²) in [5.41, 5.74) is 1.59. The van der Waals surface area contributed by atoms with Crippen molar-refractivity contribution in [3.05, 3.63) is 83.9 Å². The number of rotatable bonds is 5. The molecular weight excluding hydrogens is 262 g/mol. The number of nitrogens with one attached hydrogen (secondary N) is 1. The van der Waals surface area contributed by atoms with Crippen LogP contribution in [0.5, 0.6) is 0 Å². The minimum absolute atomic E-state index is 0.102. The van der Waals surface area contributed by atoms with E-state index >= 15 is 0 Å². The lowest BCUT2D eigenvalue weighted by atomic mass is 10.1. The van der Waals surface area contributed by atoms with Gasteiger partial charge in [0.2, 0.25) is 5.91 Å². The van der Waals surface area contributed by atoms with Gasteiger partial charge in [0.15, 0.2) is 5.78 Å². The zero-order chi connectivity index (χ0) is 15.1. The number of benzene rings is 2. The largest absolute Gasteiger partial charge is 0.346 e. The van der Waals surface area contributed by atoms with Crippen LogP contribution in [-0.2, 0) is 4.79 Å². The fraction of sp³-hybridized carbons (Fsp3) is 0.111. The molecule has 21 heavy (non-hydrogen) atoms. The summed E-state index contributed by atoms with van der Waals surface area (Å²) >= 11 is 0. The lowest BCUT2D eigenvalue weighted by Crippen LogP contribution is -2.24. The number of allylic oxidation sites excluding steroid dienone is 1. The first kappa shape index (κ1) is 14.7. The highest BCUT2D eigenvalue weighted by Crippen LogP contribution is 2.10. The lowest BCUT2D eigenvalue weighted by Gasteiger charge is -2.12. The molecular formula is C18H17NO2. The summed E-state index contributed by atoms with van der Waals surface area (Å²) in [5, 5.41) is 2.83. The predicted molar refractivity (Wildman–Crippen MR) is 82.9 cm³/mol. The van der Waals surface area contributed by atoms with Crippen molar-refractivity contribution in [2.24, 2.45) is 0 Å². The summed E-state index contributed by atoms with van der Waals surface area (Å²) in [6.07, 6.45) is 2.57. The van der Waals surface area contributed by atoms with Crippen LogP contribution < -0.4 is 5.32 Å². The van der Waals surface area contributed by atoms with Gasteiger partial charge in [0.05, 0.1) is 6.04 Å². The van der Waals surface area contributed by atoms with Crippen molar-refractivity contribution < 1.29 is 9.59 Å². The summed E-state index contributed by atoms with van der Waals surface area (Å²) in [5.74, 6) is -0.464. The van der Waals surface area contributed by atoms with E-state index in [2.05, 4.69) is 5.32 Å². The molecule has 0 saturated heterocycles. The van der Waals surface area contributed by atoms with Crippen LogP contribution in [0.4, 0.5) is 0 Å². The van der Waals surface area contributed by atoms with E-state index in [-0.39, 0.29) is 17.7 Å². The van der Waals surface area contributed by atoms with Gasteiger partial charge in [-0.05, 0) is 18.6 Å². The molecule has 1 amide bonds. The molecule has 3 nitrogen and oxygen atoms in total. The zero-order valence-electron chi connectivity index (χ0n) is 11.8. The molecule has 0 heterocycles. The maximum atomic E-state index is 11.8. The minimum atomic E-state index is -0.282. The van der Waals surface area contributed by atoms with E-state index in [1.54, 1.807) is 24.3 Å². The van der Waals surface area contributed by atoms with Crippen molar-refractivity contribution in [2.45, 2.75) is 13.0 Å². The van der Waals surface area contributed by atoms with Crippen LogP contribution in [0.3, 0.4) is 0 Å². The average molecular weight is 279 g/mol. The Kier molecular flexibility index (Phi) is 5.04. The number of hydrogen-bond acceptors (Lipinski definition) is 2. The second-order valence-electron chi connectivity index (χ2n) is 4.70. The number of amides is 1. The van der Waals surface area contributed by atoms with Crippen LogP contribution in [-0.4, -0.2) is 11.7 Å². The SMILES string of the molecule is CC(NC(=O)C=CC(=O)c1ccccc1)c1ccccc1. The van der Waals surface area contributed by atoms with E-state index in [0.29, 0.717) is 5.56 Å². The minimum Gasteiger partial charge on any atom is -0.346 e. The van der Waals surface area contributed by atoms with E-state index in [1.165, 1.54) is 12.2 Å². The quantitative estimate of drug-likeness (QED) is 0.674. The third-order valence-corrected chi connectivity index (χ3v) is 3.10. The van der Waals surface area contributed by atoms with Gasteiger partial charge in [0, 0.05) is 11.6 Å². The highest BCUT2D eigenvalue weighted by Gasteiger charge is 2.07. The van der Waals surface area contributed by atoms with Gasteiger partial charge >= 0.3 is 0 Å². The highest BCUT2D eigenvalue weighted by atomic mass is 16.1. The van der Waals surface area contributed by atoms with Gasteiger partial charge in [0.1, 0.15) is 0 Å². The fourth-order valence-corrected chi connectivity index (χ4v) is 1.94. The van der Waals surface area contributed by atoms with Crippen LogP contribution >= 0.6 is 0 Å². The van der Waals surface area contributed by atoms with Crippen molar-refractivity contribution >= 4 is 11.7 Å². The van der Waals surface area contributed by atoms with E-state index in [4.69, 9.17) is 0 Å². The van der Waals surface area contributed by atoms with Gasteiger partial charge in [-0.25, -0.2) is 0 Å². The Morgan fingerprint density at radius 2 is 1.48 bits per heavy atom. The van der Waals surface area contributed by atoms with Crippen molar-refractivity contribution in [3.63, 3.8) is 0 Å². The maximum absolute atomic E-state index is 11.8. The molecule has 0 aliphatic heterocycles. The molecule has 0 bridgehead atoms. The first-order valence-corrected chi connectivity index (χ1v) is 6.79. The fourth-order valence-electron chi connectivity index (χ4n) is 1.94. The van der Waals surface area contributed by atoms with Gasteiger partial charge in [-0.3, -0.25) is 9.59 Å². The number of carbonyl (C=O) groups is 2. The van der Waals surface area contributed by atoms with Gasteiger partial charge in [-0.2, -0.15) is 0 Å². The smallest absolute Gasteiger partial charge is 0.244 e. The van der Waals surface area contributed by atoms with Crippen molar-refractivity contribution in [3.8, 4) is 0 Å².